The van der Waals surface area contributed by atoms with E-state index in [1.54, 1.807) is 13.2 Å². The van der Waals surface area contributed by atoms with Crippen LogP contribution in [0.1, 0.15) is 26.5 Å². The molecule has 1 aromatic heterocycles. The highest BCUT2D eigenvalue weighted by Gasteiger charge is 2.20. The molecule has 0 saturated heterocycles. The Morgan fingerprint density at radius 2 is 1.82 bits per heavy atom. The highest BCUT2D eigenvalue weighted by atomic mass is 16.2. The zero-order chi connectivity index (χ0) is 16.4. The lowest BCUT2D eigenvalue weighted by Gasteiger charge is -2.18. The molecule has 0 spiro atoms. The van der Waals surface area contributed by atoms with Crippen LogP contribution in [0.3, 0.4) is 0 Å². The van der Waals surface area contributed by atoms with Crippen molar-refractivity contribution in [3.05, 3.63) is 30.1 Å². The van der Waals surface area contributed by atoms with E-state index in [-0.39, 0.29) is 11.3 Å². The van der Waals surface area contributed by atoms with Crippen molar-refractivity contribution in [3.8, 4) is 0 Å². The van der Waals surface area contributed by atoms with Crippen molar-refractivity contribution in [2.45, 2.75) is 27.2 Å². The molecule has 0 aliphatic rings. The topological polar surface area (TPSA) is 78.4 Å². The van der Waals surface area contributed by atoms with Gasteiger partial charge in [-0.25, -0.2) is 0 Å². The second-order valence-corrected chi connectivity index (χ2v) is 6.00. The third-order valence-electron chi connectivity index (χ3n) is 3.01. The molecular weight excluding hydrogens is 278 g/mol. The maximum Gasteiger partial charge on any atom is 0.225 e. The number of carbonyl (C=O) groups is 1. The van der Waals surface area contributed by atoms with Crippen molar-refractivity contribution in [1.29, 1.82) is 0 Å². The Kier molecular flexibility index (Phi) is 7.36. The molecule has 1 heterocycles. The molecule has 0 aromatic carbocycles. The highest BCUT2D eigenvalue weighted by molar-refractivity contribution is 5.81. The normalized spacial score (nSPS) is 11.9. The van der Waals surface area contributed by atoms with Crippen LogP contribution >= 0.6 is 0 Å². The van der Waals surface area contributed by atoms with E-state index in [1.807, 2.05) is 39.0 Å². The van der Waals surface area contributed by atoms with Crippen LogP contribution in [0.2, 0.25) is 0 Å². The summed E-state index contributed by atoms with van der Waals surface area (Å²) in [6.07, 6.45) is 2.63. The van der Waals surface area contributed by atoms with Crippen molar-refractivity contribution < 1.29 is 4.79 Å². The Bertz CT molecular complexity index is 479. The van der Waals surface area contributed by atoms with Crippen LogP contribution in [0.5, 0.6) is 0 Å². The fraction of sp³-hybridized carbons (Fsp3) is 0.562. The molecule has 3 N–H and O–H groups in total. The lowest BCUT2D eigenvalue weighted by molar-refractivity contribution is -0.128. The predicted octanol–water partition coefficient (Wildman–Crippen LogP) is 0.951. The van der Waals surface area contributed by atoms with Crippen LogP contribution in [0.15, 0.2) is 29.4 Å². The number of pyridine rings is 1. The molecule has 22 heavy (non-hydrogen) atoms. The van der Waals surface area contributed by atoms with Gasteiger partial charge in [-0.2, -0.15) is 0 Å². The molecule has 6 heteroatoms. The van der Waals surface area contributed by atoms with E-state index in [9.17, 15) is 4.79 Å². The maximum absolute atomic E-state index is 11.7. The van der Waals surface area contributed by atoms with Gasteiger partial charge in [-0.15, -0.1) is 0 Å². The van der Waals surface area contributed by atoms with E-state index in [1.165, 1.54) is 0 Å². The fourth-order valence-corrected chi connectivity index (χ4v) is 1.70. The van der Waals surface area contributed by atoms with Gasteiger partial charge in [0, 0.05) is 50.4 Å². The lowest BCUT2D eigenvalue weighted by Crippen LogP contribution is -2.43. The first-order chi connectivity index (χ1) is 10.4. The fourth-order valence-electron chi connectivity index (χ4n) is 1.70. The van der Waals surface area contributed by atoms with Gasteiger partial charge in [0.25, 0.3) is 0 Å². The number of rotatable bonds is 6. The van der Waals surface area contributed by atoms with Gasteiger partial charge in [0.15, 0.2) is 5.96 Å². The summed E-state index contributed by atoms with van der Waals surface area (Å²) in [6, 6.07) is 5.89. The number of aromatic nitrogens is 1. The highest BCUT2D eigenvalue weighted by Crippen LogP contribution is 2.11. The van der Waals surface area contributed by atoms with Gasteiger partial charge in [-0.05, 0) is 12.1 Å². The summed E-state index contributed by atoms with van der Waals surface area (Å²) in [6.45, 7) is 7.64. The summed E-state index contributed by atoms with van der Waals surface area (Å²) >= 11 is 0. The number of aliphatic imine (C=N–C) groups is 1. The standard InChI is InChI=1S/C16H27N5O/c1-16(2,3)14(22)19-11-12-21-15(17-4)20-10-8-13-7-5-6-9-18-13/h5-7,9H,8,10-12H2,1-4H3,(H,19,22)(H2,17,20,21). The van der Waals surface area contributed by atoms with Crippen LogP contribution in [-0.4, -0.2) is 43.5 Å². The maximum atomic E-state index is 11.7. The molecule has 122 valence electrons. The van der Waals surface area contributed by atoms with E-state index < -0.39 is 0 Å². The van der Waals surface area contributed by atoms with Crippen LogP contribution in [0, 0.1) is 5.41 Å². The average molecular weight is 305 g/mol. The van der Waals surface area contributed by atoms with Crippen molar-refractivity contribution in [2.75, 3.05) is 26.7 Å². The summed E-state index contributed by atoms with van der Waals surface area (Å²) in [4.78, 5) is 20.1. The van der Waals surface area contributed by atoms with Crippen molar-refractivity contribution >= 4 is 11.9 Å². The quantitative estimate of drug-likeness (QED) is 0.415. The minimum atomic E-state index is -0.359. The van der Waals surface area contributed by atoms with Gasteiger partial charge in [-0.1, -0.05) is 26.8 Å². The molecule has 0 aliphatic carbocycles. The molecule has 0 fully saturated rings. The molecule has 0 saturated carbocycles. The predicted molar refractivity (Wildman–Crippen MR) is 89.8 cm³/mol. The Hall–Kier alpha value is -2.11. The summed E-state index contributed by atoms with van der Waals surface area (Å²) in [5, 5.41) is 9.28. The van der Waals surface area contributed by atoms with E-state index in [4.69, 9.17) is 0 Å². The molecule has 0 atom stereocenters. The molecule has 0 bridgehead atoms. The molecule has 1 rings (SSSR count). The molecule has 1 amide bonds. The van der Waals surface area contributed by atoms with Gasteiger partial charge in [0.2, 0.25) is 5.91 Å². The summed E-state index contributed by atoms with van der Waals surface area (Å²) in [7, 11) is 1.73. The molecule has 6 nitrogen and oxygen atoms in total. The van der Waals surface area contributed by atoms with Gasteiger partial charge >= 0.3 is 0 Å². The van der Waals surface area contributed by atoms with Gasteiger partial charge in [0.1, 0.15) is 0 Å². The van der Waals surface area contributed by atoms with Crippen molar-refractivity contribution in [2.24, 2.45) is 10.4 Å². The molecule has 1 aromatic rings. The second kappa shape index (κ2) is 9.02. The Balaban J connectivity index is 2.19. The minimum absolute atomic E-state index is 0.0485. The van der Waals surface area contributed by atoms with E-state index >= 15 is 0 Å². The number of nitrogens with zero attached hydrogens (tertiary/aromatic N) is 2. The smallest absolute Gasteiger partial charge is 0.225 e. The number of amides is 1. The summed E-state index contributed by atoms with van der Waals surface area (Å²) in [5.74, 6) is 0.772. The third kappa shape index (κ3) is 7.06. The minimum Gasteiger partial charge on any atom is -0.356 e. The first-order valence-corrected chi connectivity index (χ1v) is 7.56. The molecule has 0 aliphatic heterocycles. The van der Waals surface area contributed by atoms with E-state index in [0.29, 0.717) is 13.1 Å². The number of hydrogen-bond donors (Lipinski definition) is 3. The number of guanidine groups is 1. The largest absolute Gasteiger partial charge is 0.356 e. The molecule has 0 radical (unpaired) electrons. The van der Waals surface area contributed by atoms with Crippen LogP contribution in [0.25, 0.3) is 0 Å². The van der Waals surface area contributed by atoms with Crippen molar-refractivity contribution in [1.82, 2.24) is 20.9 Å². The summed E-state index contributed by atoms with van der Waals surface area (Å²) < 4.78 is 0. The third-order valence-corrected chi connectivity index (χ3v) is 3.01. The van der Waals surface area contributed by atoms with Gasteiger partial charge < -0.3 is 16.0 Å². The van der Waals surface area contributed by atoms with Crippen LogP contribution < -0.4 is 16.0 Å². The first kappa shape index (κ1) is 17.9. The van der Waals surface area contributed by atoms with Crippen molar-refractivity contribution in [3.63, 3.8) is 0 Å². The zero-order valence-corrected chi connectivity index (χ0v) is 13.9. The summed E-state index contributed by atoms with van der Waals surface area (Å²) in [5.41, 5.74) is 0.686. The van der Waals surface area contributed by atoms with Gasteiger partial charge in [0.05, 0.1) is 0 Å². The SMILES string of the molecule is CN=C(NCCNC(=O)C(C)(C)C)NCCc1ccccn1. The zero-order valence-electron chi connectivity index (χ0n) is 13.9. The first-order valence-electron chi connectivity index (χ1n) is 7.56. The lowest BCUT2D eigenvalue weighted by atomic mass is 9.96. The second-order valence-electron chi connectivity index (χ2n) is 6.00. The average Bonchev–Trinajstić information content (AvgIpc) is 2.49. The van der Waals surface area contributed by atoms with E-state index in [0.717, 1.165) is 24.6 Å². The van der Waals surface area contributed by atoms with Crippen LogP contribution in [0.4, 0.5) is 0 Å². The van der Waals surface area contributed by atoms with Gasteiger partial charge in [-0.3, -0.25) is 14.8 Å². The Labute approximate surface area is 132 Å². The Morgan fingerprint density at radius 1 is 1.14 bits per heavy atom. The molecular formula is C16H27N5O. The number of carbonyl (C=O) groups excluding carboxylic acids is 1. The number of hydrogen-bond acceptors (Lipinski definition) is 3. The monoisotopic (exact) mass is 305 g/mol. The molecule has 0 unspecified atom stereocenters. The van der Waals surface area contributed by atoms with Crippen LogP contribution in [-0.2, 0) is 11.2 Å². The Morgan fingerprint density at radius 3 is 2.41 bits per heavy atom. The number of nitrogens with one attached hydrogen (secondary N) is 3. The van der Waals surface area contributed by atoms with E-state index in [2.05, 4.69) is 25.9 Å².